The Balaban J connectivity index is 1.28. The van der Waals surface area contributed by atoms with Crippen LogP contribution in [0.1, 0.15) is 28.8 Å². The summed E-state index contributed by atoms with van der Waals surface area (Å²) >= 11 is 1.48. The number of aromatic nitrogens is 3. The number of rotatable bonds is 9. The van der Waals surface area contributed by atoms with Gasteiger partial charge in [-0.3, -0.25) is 9.69 Å². The van der Waals surface area contributed by atoms with Crippen molar-refractivity contribution < 1.29 is 13.6 Å². The Morgan fingerprint density at radius 3 is 2.43 bits per heavy atom. The summed E-state index contributed by atoms with van der Waals surface area (Å²) in [6, 6.07) is 20.4. The number of carbonyl (C=O) groups is 1. The minimum atomic E-state index is -0.928. The molecular weight excluding hydrogens is 580 g/mol. The highest BCUT2D eigenvalue weighted by molar-refractivity contribution is 7.19. The average Bonchev–Trinajstić information content (AvgIpc) is 3.68. The van der Waals surface area contributed by atoms with E-state index in [1.54, 1.807) is 24.4 Å². The molecule has 0 unspecified atom stereocenters. The van der Waals surface area contributed by atoms with E-state index in [1.807, 2.05) is 43.3 Å². The summed E-state index contributed by atoms with van der Waals surface area (Å²) < 4.78 is 28.4. The highest BCUT2D eigenvalue weighted by atomic mass is 32.1. The molecule has 1 fully saturated rings. The standard InChI is InChI=1S/C33H31F2N7OS/c1-41(2)33-40-29(22-9-6-11-24(19-22)37-31(43)28-25(34)12-7-13-26(28)35)30(44-33)27-14-15-36-32(39-27)38-23-10-5-8-21(18-23)20-42-16-3-4-17-42/h5-15,18-19H,3-4,16-17,20H2,1-2H3,(H,37,43)(H,36,38,39). The van der Waals surface area contributed by atoms with Crippen LogP contribution in [0, 0.1) is 11.6 Å². The van der Waals surface area contributed by atoms with Crippen LogP contribution < -0.4 is 15.5 Å². The first-order valence-electron chi connectivity index (χ1n) is 14.3. The number of nitrogens with zero attached hydrogens (tertiary/aromatic N) is 5. The van der Waals surface area contributed by atoms with Crippen LogP contribution in [0.25, 0.3) is 21.8 Å². The molecule has 0 saturated carbocycles. The molecule has 1 amide bonds. The Bertz CT molecular complexity index is 1780. The van der Waals surface area contributed by atoms with Crippen LogP contribution in [0.4, 0.5) is 31.2 Å². The largest absolute Gasteiger partial charge is 0.354 e. The van der Waals surface area contributed by atoms with Gasteiger partial charge < -0.3 is 15.5 Å². The summed E-state index contributed by atoms with van der Waals surface area (Å²) in [4.78, 5) is 32.1. The zero-order chi connectivity index (χ0) is 30.6. The van der Waals surface area contributed by atoms with Crippen molar-refractivity contribution in [1.82, 2.24) is 19.9 Å². The highest BCUT2D eigenvalue weighted by Gasteiger charge is 2.20. The molecule has 1 aliphatic rings. The van der Waals surface area contributed by atoms with Gasteiger partial charge in [0.15, 0.2) is 5.13 Å². The number of thiazole rings is 1. The SMILES string of the molecule is CN(C)c1nc(-c2cccc(NC(=O)c3c(F)cccc3F)c2)c(-c2ccnc(Nc3cccc(CN4CCCC4)c3)n2)s1. The van der Waals surface area contributed by atoms with Gasteiger partial charge in [0.1, 0.15) is 17.2 Å². The first kappa shape index (κ1) is 29.3. The second-order valence-electron chi connectivity index (χ2n) is 10.8. The van der Waals surface area contributed by atoms with Crippen LogP contribution in [0.3, 0.4) is 0 Å². The van der Waals surface area contributed by atoms with Crippen molar-refractivity contribution >= 4 is 39.7 Å². The Kier molecular flexibility index (Phi) is 8.58. The van der Waals surface area contributed by atoms with E-state index < -0.39 is 23.1 Å². The molecule has 2 aromatic heterocycles. The molecule has 11 heteroatoms. The molecule has 0 bridgehead atoms. The van der Waals surface area contributed by atoms with E-state index >= 15 is 0 Å². The van der Waals surface area contributed by atoms with Crippen LogP contribution in [0.5, 0.6) is 0 Å². The zero-order valence-electron chi connectivity index (χ0n) is 24.3. The Morgan fingerprint density at radius 1 is 0.932 bits per heavy atom. The van der Waals surface area contributed by atoms with Crippen molar-refractivity contribution in [1.29, 1.82) is 0 Å². The highest BCUT2D eigenvalue weighted by Crippen LogP contribution is 2.40. The zero-order valence-corrected chi connectivity index (χ0v) is 25.2. The molecule has 44 heavy (non-hydrogen) atoms. The topological polar surface area (TPSA) is 86.3 Å². The fraction of sp³-hybridized carbons (Fsp3) is 0.212. The van der Waals surface area contributed by atoms with E-state index in [1.165, 1.54) is 35.8 Å². The maximum Gasteiger partial charge on any atom is 0.261 e. The number of hydrogen-bond acceptors (Lipinski definition) is 8. The number of likely N-dealkylation sites (tertiary alicyclic amines) is 1. The molecule has 0 atom stereocenters. The van der Waals surface area contributed by atoms with Crippen LogP contribution >= 0.6 is 11.3 Å². The normalized spacial score (nSPS) is 13.2. The second-order valence-corrected chi connectivity index (χ2v) is 11.8. The lowest BCUT2D eigenvalue weighted by Crippen LogP contribution is -2.18. The number of hydrogen-bond donors (Lipinski definition) is 2. The fourth-order valence-electron chi connectivity index (χ4n) is 5.14. The minimum Gasteiger partial charge on any atom is -0.354 e. The molecule has 3 aromatic carbocycles. The Hall–Kier alpha value is -4.74. The summed E-state index contributed by atoms with van der Waals surface area (Å²) in [6.45, 7) is 3.19. The van der Waals surface area contributed by atoms with E-state index in [0.29, 0.717) is 28.6 Å². The van der Waals surface area contributed by atoms with Crippen LogP contribution in [-0.4, -0.2) is 52.9 Å². The third-order valence-corrected chi connectivity index (χ3v) is 8.50. The summed E-state index contributed by atoms with van der Waals surface area (Å²) in [6.07, 6.45) is 4.21. The minimum absolute atomic E-state index is 0.374. The average molecular weight is 612 g/mol. The van der Waals surface area contributed by atoms with Crippen molar-refractivity contribution in [3.63, 3.8) is 0 Å². The van der Waals surface area contributed by atoms with Gasteiger partial charge in [-0.15, -0.1) is 0 Å². The molecule has 0 aliphatic carbocycles. The van der Waals surface area contributed by atoms with Gasteiger partial charge >= 0.3 is 0 Å². The smallest absolute Gasteiger partial charge is 0.261 e. The summed E-state index contributed by atoms with van der Waals surface area (Å²) in [5.41, 5.74) is 3.93. The van der Waals surface area contributed by atoms with Crippen LogP contribution in [0.2, 0.25) is 0 Å². The molecule has 0 radical (unpaired) electrons. The number of anilines is 4. The summed E-state index contributed by atoms with van der Waals surface area (Å²) in [5.74, 6) is -2.27. The van der Waals surface area contributed by atoms with Gasteiger partial charge in [-0.25, -0.2) is 23.7 Å². The fourth-order valence-corrected chi connectivity index (χ4v) is 6.12. The third kappa shape index (κ3) is 6.58. The summed E-state index contributed by atoms with van der Waals surface area (Å²) in [5, 5.41) is 6.72. The maximum atomic E-state index is 14.2. The van der Waals surface area contributed by atoms with E-state index in [4.69, 9.17) is 9.97 Å². The number of carbonyl (C=O) groups excluding carboxylic acids is 1. The Labute approximate surface area is 258 Å². The van der Waals surface area contributed by atoms with Gasteiger partial charge in [-0.2, -0.15) is 0 Å². The van der Waals surface area contributed by atoms with Crippen LogP contribution in [0.15, 0.2) is 79.0 Å². The van der Waals surface area contributed by atoms with Crippen molar-refractivity contribution in [3.8, 4) is 21.8 Å². The molecule has 5 aromatic rings. The molecular formula is C33H31F2N7OS. The van der Waals surface area contributed by atoms with Gasteiger partial charge in [0.2, 0.25) is 5.95 Å². The first-order chi connectivity index (χ1) is 21.3. The summed E-state index contributed by atoms with van der Waals surface area (Å²) in [7, 11) is 3.82. The van der Waals surface area contributed by atoms with Crippen LogP contribution in [-0.2, 0) is 6.54 Å². The molecule has 6 rings (SSSR count). The van der Waals surface area contributed by atoms with Crippen molar-refractivity contribution in [2.24, 2.45) is 0 Å². The lowest BCUT2D eigenvalue weighted by atomic mass is 10.1. The van der Waals surface area contributed by atoms with Gasteiger partial charge in [-0.05, 0) is 74.0 Å². The van der Waals surface area contributed by atoms with Gasteiger partial charge in [0.05, 0.1) is 16.3 Å². The molecule has 1 aliphatic heterocycles. The van der Waals surface area contributed by atoms with E-state index in [-0.39, 0.29) is 0 Å². The van der Waals surface area contributed by atoms with Gasteiger partial charge in [0, 0.05) is 43.8 Å². The van der Waals surface area contributed by atoms with E-state index in [9.17, 15) is 13.6 Å². The maximum absolute atomic E-state index is 14.2. The van der Waals surface area contributed by atoms with E-state index in [2.05, 4.69) is 32.7 Å². The Morgan fingerprint density at radius 2 is 1.66 bits per heavy atom. The number of amides is 1. The molecule has 224 valence electrons. The van der Waals surface area contributed by atoms with Crippen molar-refractivity contribution in [2.75, 3.05) is 42.7 Å². The number of nitrogens with one attached hydrogen (secondary N) is 2. The van der Waals surface area contributed by atoms with Gasteiger partial charge in [-0.1, -0.05) is 41.7 Å². The molecule has 1 saturated heterocycles. The second kappa shape index (κ2) is 12.9. The molecule has 0 spiro atoms. The number of benzene rings is 3. The number of halogens is 2. The lowest BCUT2D eigenvalue weighted by Gasteiger charge is -2.15. The molecule has 2 N–H and O–H groups in total. The van der Waals surface area contributed by atoms with Crippen molar-refractivity contribution in [2.45, 2.75) is 19.4 Å². The quantitative estimate of drug-likeness (QED) is 0.182. The van der Waals surface area contributed by atoms with Gasteiger partial charge in [0.25, 0.3) is 5.91 Å². The first-order valence-corrected chi connectivity index (χ1v) is 15.1. The molecule has 3 heterocycles. The monoisotopic (exact) mass is 611 g/mol. The third-order valence-electron chi connectivity index (χ3n) is 7.26. The lowest BCUT2D eigenvalue weighted by molar-refractivity contribution is 0.101. The molecule has 8 nitrogen and oxygen atoms in total. The van der Waals surface area contributed by atoms with Crippen molar-refractivity contribution in [3.05, 3.63) is 102 Å². The predicted molar refractivity (Wildman–Crippen MR) is 171 cm³/mol. The van der Waals surface area contributed by atoms with E-state index in [0.717, 1.165) is 47.5 Å². The predicted octanol–water partition coefficient (Wildman–Crippen LogP) is 7.20.